The molecule has 2 fully saturated rings. The zero-order valence-electron chi connectivity index (χ0n) is 12.3. The van der Waals surface area contributed by atoms with E-state index in [0.29, 0.717) is 24.3 Å². The lowest BCUT2D eigenvalue weighted by atomic mass is 9.88. The second kappa shape index (κ2) is 5.84. The van der Waals surface area contributed by atoms with E-state index in [1.165, 1.54) is 4.90 Å². The van der Waals surface area contributed by atoms with Crippen LogP contribution in [0, 0.1) is 0 Å². The average molecular weight is 304 g/mol. The number of nitrogen functional groups attached to an aromatic ring is 1. The van der Waals surface area contributed by atoms with Gasteiger partial charge in [0.1, 0.15) is 17.9 Å². The van der Waals surface area contributed by atoms with Crippen LogP contribution in [0.3, 0.4) is 0 Å². The summed E-state index contributed by atoms with van der Waals surface area (Å²) in [5.74, 6) is 0.485. The number of imide groups is 1. The molecule has 0 saturated carbocycles. The Labute approximate surface area is 128 Å². The Morgan fingerprint density at radius 1 is 1.27 bits per heavy atom. The van der Waals surface area contributed by atoms with Gasteiger partial charge in [0.15, 0.2) is 0 Å². The van der Waals surface area contributed by atoms with Crippen LogP contribution in [0.25, 0.3) is 0 Å². The number of piperidine rings is 1. The van der Waals surface area contributed by atoms with Gasteiger partial charge in [0.2, 0.25) is 0 Å². The molecular formula is C15H20N4O3. The van der Waals surface area contributed by atoms with Crippen molar-refractivity contribution < 1.29 is 14.3 Å². The Balaban J connectivity index is 1.58. The predicted octanol–water partition coefficient (Wildman–Crippen LogP) is 0.322. The van der Waals surface area contributed by atoms with Gasteiger partial charge in [-0.1, -0.05) is 6.07 Å². The maximum absolute atomic E-state index is 12.5. The molecule has 2 heterocycles. The molecule has 118 valence electrons. The van der Waals surface area contributed by atoms with Crippen LogP contribution in [0.4, 0.5) is 10.5 Å². The molecule has 0 unspecified atom stereocenters. The third kappa shape index (κ3) is 2.71. The largest absolute Gasteiger partial charge is 0.492 e. The molecule has 1 aromatic rings. The highest BCUT2D eigenvalue weighted by atomic mass is 16.5. The number of urea groups is 1. The molecule has 4 N–H and O–H groups in total. The van der Waals surface area contributed by atoms with E-state index in [0.717, 1.165) is 13.1 Å². The fraction of sp³-hybridized carbons (Fsp3) is 0.467. The summed E-state index contributed by atoms with van der Waals surface area (Å²) in [6.07, 6.45) is 1.26. The van der Waals surface area contributed by atoms with Gasteiger partial charge >= 0.3 is 6.03 Å². The first kappa shape index (κ1) is 14.6. The van der Waals surface area contributed by atoms with Gasteiger partial charge in [0.05, 0.1) is 6.54 Å². The molecule has 2 aliphatic heterocycles. The lowest BCUT2D eigenvalue weighted by Crippen LogP contribution is -2.54. The summed E-state index contributed by atoms with van der Waals surface area (Å²) in [4.78, 5) is 25.8. The molecule has 7 heteroatoms. The third-order valence-electron chi connectivity index (χ3n) is 4.14. The van der Waals surface area contributed by atoms with E-state index in [2.05, 4.69) is 10.6 Å². The Morgan fingerprint density at radius 2 is 2.05 bits per heavy atom. The number of carbonyl (C=O) groups is 2. The van der Waals surface area contributed by atoms with Crippen molar-refractivity contribution in [2.24, 2.45) is 0 Å². The number of benzene rings is 1. The first-order valence-electron chi connectivity index (χ1n) is 7.44. The zero-order chi connectivity index (χ0) is 15.6. The van der Waals surface area contributed by atoms with E-state index in [1.54, 1.807) is 24.3 Å². The molecule has 3 rings (SSSR count). The van der Waals surface area contributed by atoms with Crippen molar-refractivity contribution in [1.29, 1.82) is 0 Å². The fourth-order valence-corrected chi connectivity index (χ4v) is 2.93. The number of hydrogen-bond donors (Lipinski definition) is 3. The molecule has 3 amide bonds. The first-order valence-corrected chi connectivity index (χ1v) is 7.44. The summed E-state index contributed by atoms with van der Waals surface area (Å²) in [5.41, 5.74) is 5.56. The molecule has 2 saturated heterocycles. The highest BCUT2D eigenvalue weighted by Crippen LogP contribution is 2.26. The minimum atomic E-state index is -0.723. The summed E-state index contributed by atoms with van der Waals surface area (Å²) in [6.45, 7) is 1.95. The monoisotopic (exact) mass is 304 g/mol. The molecule has 0 bridgehead atoms. The van der Waals surface area contributed by atoms with Gasteiger partial charge < -0.3 is 21.1 Å². The van der Waals surface area contributed by atoms with Gasteiger partial charge in [-0.15, -0.1) is 0 Å². The van der Waals surface area contributed by atoms with E-state index in [-0.39, 0.29) is 25.1 Å². The van der Waals surface area contributed by atoms with Crippen molar-refractivity contribution in [1.82, 2.24) is 15.5 Å². The van der Waals surface area contributed by atoms with Crippen molar-refractivity contribution in [3.05, 3.63) is 24.3 Å². The smallest absolute Gasteiger partial charge is 0.325 e. The van der Waals surface area contributed by atoms with E-state index in [4.69, 9.17) is 10.5 Å². The average Bonchev–Trinajstić information content (AvgIpc) is 2.72. The van der Waals surface area contributed by atoms with Crippen molar-refractivity contribution in [3.8, 4) is 5.75 Å². The van der Waals surface area contributed by atoms with Crippen molar-refractivity contribution in [2.75, 3.05) is 32.0 Å². The van der Waals surface area contributed by atoms with Gasteiger partial charge in [-0.25, -0.2) is 4.79 Å². The summed E-state index contributed by atoms with van der Waals surface area (Å²) < 4.78 is 5.55. The maximum Gasteiger partial charge on any atom is 0.325 e. The lowest BCUT2D eigenvalue weighted by Gasteiger charge is -2.31. The SMILES string of the molecule is Nc1cccc(OCCN2C(=O)NC3(CCNCC3)C2=O)c1. The zero-order valence-corrected chi connectivity index (χ0v) is 12.3. The lowest BCUT2D eigenvalue weighted by molar-refractivity contribution is -0.132. The number of amides is 3. The normalized spacial score (nSPS) is 20.3. The third-order valence-corrected chi connectivity index (χ3v) is 4.14. The van der Waals surface area contributed by atoms with E-state index in [9.17, 15) is 9.59 Å². The number of hydrogen-bond acceptors (Lipinski definition) is 5. The standard InChI is InChI=1S/C15H20N4O3/c16-11-2-1-3-12(10-11)22-9-8-19-13(20)15(18-14(19)21)4-6-17-7-5-15/h1-3,10,17H,4-9,16H2,(H,18,21). The van der Waals surface area contributed by atoms with Crippen LogP contribution in [0.15, 0.2) is 24.3 Å². The van der Waals surface area contributed by atoms with Crippen molar-refractivity contribution in [2.45, 2.75) is 18.4 Å². The second-order valence-electron chi connectivity index (χ2n) is 5.64. The van der Waals surface area contributed by atoms with E-state index >= 15 is 0 Å². The number of carbonyl (C=O) groups excluding carboxylic acids is 2. The Bertz CT molecular complexity index is 584. The highest BCUT2D eigenvalue weighted by molar-refractivity contribution is 6.07. The number of nitrogens with one attached hydrogen (secondary N) is 2. The minimum Gasteiger partial charge on any atom is -0.492 e. The quantitative estimate of drug-likeness (QED) is 0.550. The van der Waals surface area contributed by atoms with Gasteiger partial charge in [-0.2, -0.15) is 0 Å². The molecule has 0 radical (unpaired) electrons. The fourth-order valence-electron chi connectivity index (χ4n) is 2.93. The second-order valence-corrected chi connectivity index (χ2v) is 5.64. The first-order chi connectivity index (χ1) is 10.6. The number of nitrogens with two attached hydrogens (primary N) is 1. The van der Waals surface area contributed by atoms with Crippen LogP contribution < -0.4 is 21.1 Å². The van der Waals surface area contributed by atoms with Gasteiger partial charge in [0.25, 0.3) is 5.91 Å². The molecule has 0 atom stereocenters. The van der Waals surface area contributed by atoms with Gasteiger partial charge in [-0.05, 0) is 38.1 Å². The Kier molecular flexibility index (Phi) is 3.89. The van der Waals surface area contributed by atoms with E-state index < -0.39 is 5.54 Å². The molecule has 2 aliphatic rings. The van der Waals surface area contributed by atoms with Crippen LogP contribution in [-0.4, -0.2) is 48.6 Å². The van der Waals surface area contributed by atoms with Crippen LogP contribution >= 0.6 is 0 Å². The number of ether oxygens (including phenoxy) is 1. The van der Waals surface area contributed by atoms with Gasteiger partial charge in [0, 0.05) is 11.8 Å². The van der Waals surface area contributed by atoms with Crippen LogP contribution in [0.1, 0.15) is 12.8 Å². The Morgan fingerprint density at radius 3 is 2.77 bits per heavy atom. The topological polar surface area (TPSA) is 96.7 Å². The van der Waals surface area contributed by atoms with Gasteiger partial charge in [-0.3, -0.25) is 9.69 Å². The van der Waals surface area contributed by atoms with Crippen LogP contribution in [0.2, 0.25) is 0 Å². The molecule has 1 spiro atoms. The summed E-state index contributed by atoms with van der Waals surface area (Å²) in [7, 11) is 0. The molecule has 1 aromatic carbocycles. The summed E-state index contributed by atoms with van der Waals surface area (Å²) >= 11 is 0. The molecule has 0 aromatic heterocycles. The molecular weight excluding hydrogens is 284 g/mol. The maximum atomic E-state index is 12.5. The van der Waals surface area contributed by atoms with Crippen LogP contribution in [-0.2, 0) is 4.79 Å². The molecule has 0 aliphatic carbocycles. The van der Waals surface area contributed by atoms with E-state index in [1.807, 2.05) is 0 Å². The van der Waals surface area contributed by atoms with Crippen LogP contribution in [0.5, 0.6) is 5.75 Å². The number of rotatable bonds is 4. The molecule has 22 heavy (non-hydrogen) atoms. The summed E-state index contributed by atoms with van der Waals surface area (Å²) in [5, 5.41) is 6.05. The number of anilines is 1. The molecule has 7 nitrogen and oxygen atoms in total. The summed E-state index contributed by atoms with van der Waals surface area (Å²) in [6, 6.07) is 6.73. The minimum absolute atomic E-state index is 0.143. The highest BCUT2D eigenvalue weighted by Gasteiger charge is 2.51. The van der Waals surface area contributed by atoms with Crippen molar-refractivity contribution in [3.63, 3.8) is 0 Å². The van der Waals surface area contributed by atoms with Crippen molar-refractivity contribution >= 4 is 17.6 Å². The predicted molar refractivity (Wildman–Crippen MR) is 81.4 cm³/mol. The Hall–Kier alpha value is -2.28. The number of nitrogens with zero attached hydrogens (tertiary/aromatic N) is 1.